The normalized spacial score (nSPS) is 10.6. The fourth-order valence-corrected chi connectivity index (χ4v) is 27.4. The molecule has 0 heterocycles. The summed E-state index contributed by atoms with van der Waals surface area (Å²) in [5.41, 5.74) is 3.05. The van der Waals surface area contributed by atoms with Crippen LogP contribution < -0.4 is 0 Å². The van der Waals surface area contributed by atoms with Crippen LogP contribution in [-0.2, 0) is 130 Å². The second kappa shape index (κ2) is 44.9. The van der Waals surface area contributed by atoms with Gasteiger partial charge in [-0.3, -0.25) is 0 Å². The summed E-state index contributed by atoms with van der Waals surface area (Å²) in [6.45, 7) is 19.0. The van der Waals surface area contributed by atoms with Crippen molar-refractivity contribution < 1.29 is 45.3 Å². The Kier molecular flexibility index (Phi) is 51.5. The second-order valence-corrected chi connectivity index (χ2v) is 40.4. The first-order chi connectivity index (χ1) is 25.8. The number of alkyl halides is 6. The summed E-state index contributed by atoms with van der Waals surface area (Å²) >= 11 is 15.1. The Balaban J connectivity index is -0.000000331. The van der Waals surface area contributed by atoms with Crippen LogP contribution in [0.5, 0.6) is 0 Å². The topological polar surface area (TPSA) is 36.9 Å². The molecule has 0 N–H and O–H groups in total. The molecule has 0 radical (unpaired) electrons. The van der Waals surface area contributed by atoms with E-state index in [0.29, 0.717) is 52.7 Å². The van der Waals surface area contributed by atoms with E-state index < -0.39 is 40.7 Å². The van der Waals surface area contributed by atoms with Gasteiger partial charge < -0.3 is 18.9 Å². The molecule has 0 spiro atoms. The molecule has 0 rings (SSSR count). The molecule has 0 aliphatic rings. The van der Waals surface area contributed by atoms with E-state index in [1.165, 1.54) is 17.8 Å². The van der Waals surface area contributed by atoms with Crippen LogP contribution in [0.1, 0.15) is 38.5 Å². The zero-order valence-electron chi connectivity index (χ0n) is 31.1. The van der Waals surface area contributed by atoms with Gasteiger partial charge in [0.1, 0.15) is 8.07 Å². The quantitative estimate of drug-likeness (QED) is 0.0303. The number of halogens is 7. The van der Waals surface area contributed by atoms with E-state index in [-0.39, 0.29) is 12.1 Å². The molecule has 0 saturated heterocycles. The summed E-state index contributed by atoms with van der Waals surface area (Å²) in [7, 11) is 12.2. The maximum absolute atomic E-state index is 12.2. The van der Waals surface area contributed by atoms with Crippen LogP contribution in [-0.4, -0.2) is 80.7 Å². The maximum Gasteiger partial charge on any atom is 0.388 e. The molecule has 0 bridgehead atoms. The number of hydrogen-bond acceptors (Lipinski definition) is 6. The molecule has 0 amide bonds. The lowest BCUT2D eigenvalue weighted by Gasteiger charge is -2.15. The summed E-state index contributed by atoms with van der Waals surface area (Å²) in [6.07, 6.45) is 2.05. The predicted octanol–water partition coefficient (Wildman–Crippen LogP) is 9.16. The summed E-state index contributed by atoms with van der Waals surface area (Å²) < 4.78 is 92.0. The van der Waals surface area contributed by atoms with Gasteiger partial charge in [0.25, 0.3) is 0 Å². The average molecular weight is 1070 g/mol. The van der Waals surface area contributed by atoms with E-state index in [2.05, 4.69) is 52.9 Å². The highest BCUT2D eigenvalue weighted by molar-refractivity contribution is 8.75. The van der Waals surface area contributed by atoms with Gasteiger partial charge in [-0.25, -0.2) is 0 Å². The smallest absolute Gasteiger partial charge is 0.379 e. The molecule has 0 aromatic rings. The summed E-state index contributed by atoms with van der Waals surface area (Å²) in [5.74, 6) is 5.55. The number of hydrogen-bond donors (Lipinski definition) is 0. The van der Waals surface area contributed by atoms with Crippen LogP contribution in [0.25, 0.3) is 0 Å². The molecule has 0 aliphatic carbocycles. The molecule has 0 aromatic heterocycles. The third-order valence-corrected chi connectivity index (χ3v) is 29.5. The lowest BCUT2D eigenvalue weighted by molar-refractivity contribution is -0.131. The Labute approximate surface area is 370 Å². The van der Waals surface area contributed by atoms with Gasteiger partial charge in [0.15, 0.2) is 7.38 Å². The van der Waals surface area contributed by atoms with Gasteiger partial charge in [0.2, 0.25) is 0 Å². The van der Waals surface area contributed by atoms with Gasteiger partial charge in [-0.05, 0) is 24.9 Å². The standard InChI is InChI=1S/C15H25F3O2Si.C10H16O2.C5H10ClF3Si.S12/c1-4-9-19-11-12-20-10-6-5-7-13-21(2,3)14-8-15(16,17)18;1-3-5-6-8-12-10-9-11-7-4-2;1-10(2,6)4-3-5(7,8)9;1-3-5-7-9-11-12-10-8-6-4-2/h4H,1,5-6,8-12,14H2,2-3H3;1,4H,2,5-10H2;3-4H2,1-2H3;. The van der Waals surface area contributed by atoms with Crippen molar-refractivity contribution in [1.82, 2.24) is 0 Å². The van der Waals surface area contributed by atoms with Gasteiger partial charge in [-0.2, -0.15) is 37.4 Å². The van der Waals surface area contributed by atoms with Crippen LogP contribution in [0.3, 0.4) is 0 Å². The zero-order chi connectivity index (χ0) is 42.7. The first kappa shape index (κ1) is 63.0. The van der Waals surface area contributed by atoms with Crippen LogP contribution in [0.4, 0.5) is 26.3 Å². The summed E-state index contributed by atoms with van der Waals surface area (Å²) in [6, 6.07) is 0.276. The van der Waals surface area contributed by atoms with Crippen LogP contribution in [0.2, 0.25) is 38.3 Å². The van der Waals surface area contributed by atoms with Crippen molar-refractivity contribution in [2.45, 2.75) is 89.2 Å². The predicted molar refractivity (Wildman–Crippen MR) is 259 cm³/mol. The first-order valence-electron chi connectivity index (χ1n) is 16.0. The highest BCUT2D eigenvalue weighted by atomic mass is 35.6. The third-order valence-electron chi connectivity index (χ3n) is 5.13. The van der Waals surface area contributed by atoms with Gasteiger partial charge in [-0.1, -0.05) is 38.3 Å². The lowest BCUT2D eigenvalue weighted by Crippen LogP contribution is -2.26. The monoisotopic (exact) mass is 1060 g/mol. The highest BCUT2D eigenvalue weighted by Crippen LogP contribution is 2.27. The lowest BCUT2D eigenvalue weighted by atomic mass is 10.3. The summed E-state index contributed by atoms with van der Waals surface area (Å²) in [5, 5.41) is 0. The number of rotatable bonds is 20. The number of ether oxygens (including phenoxy) is 4. The third kappa shape index (κ3) is 73.4. The molecular weight excluding hydrogens is 1010 g/mol. The SMILES string of the molecule is C#CCCCOCCOCC=C.C=CCOCCOCCCC#C[Si](C)(C)CCC(F)(F)F.C[Si](C)(Cl)CCC(F)(F)F.S=S=S=S=S=S=S=S=S=S=S=S. The number of terminal acetylenes is 1. The van der Waals surface area contributed by atoms with Crippen molar-refractivity contribution in [3.63, 3.8) is 0 Å². The minimum absolute atomic E-state index is 0.109. The van der Waals surface area contributed by atoms with Crippen molar-refractivity contribution in [3.05, 3.63) is 25.3 Å². The van der Waals surface area contributed by atoms with Crippen molar-refractivity contribution in [2.24, 2.45) is 0 Å². The molecule has 0 aromatic carbocycles. The zero-order valence-corrected chi connectivity index (χ0v) is 43.7. The van der Waals surface area contributed by atoms with Gasteiger partial charge in [0.05, 0.1) is 39.6 Å². The first-order valence-corrected chi connectivity index (χ1v) is 38.1. The minimum Gasteiger partial charge on any atom is -0.379 e. The molecule has 0 atom stereocenters. The van der Waals surface area contributed by atoms with Crippen LogP contribution >= 0.6 is 11.1 Å². The largest absolute Gasteiger partial charge is 0.388 e. The van der Waals surface area contributed by atoms with Crippen molar-refractivity contribution >= 4 is 138 Å². The molecule has 0 unspecified atom stereocenters. The number of unbranched alkanes of at least 4 members (excludes halogenated alkanes) is 2. The van der Waals surface area contributed by atoms with E-state index in [0.717, 1.165) is 25.9 Å². The molecular formula is C30H51ClF6O4S12Si2. The van der Waals surface area contributed by atoms with Crippen molar-refractivity contribution in [3.8, 4) is 23.8 Å². The van der Waals surface area contributed by atoms with Gasteiger partial charge in [0, 0.05) is 150 Å². The van der Waals surface area contributed by atoms with E-state index in [9.17, 15) is 26.3 Å². The fraction of sp³-hybridized carbons (Fsp3) is 0.733. The Hall–Kier alpha value is 1.38. The molecule has 0 saturated carbocycles. The molecule has 0 fully saturated rings. The minimum atomic E-state index is -4.08. The molecule has 25 heteroatoms. The Bertz CT molecular complexity index is 1490. The van der Waals surface area contributed by atoms with E-state index in [1.54, 1.807) is 96.3 Å². The van der Waals surface area contributed by atoms with Crippen LogP contribution in [0.15, 0.2) is 25.3 Å². The Morgan fingerprint density at radius 3 is 1.36 bits per heavy atom. The van der Waals surface area contributed by atoms with E-state index in [1.807, 2.05) is 13.1 Å². The van der Waals surface area contributed by atoms with E-state index in [4.69, 9.17) is 36.4 Å². The Morgan fingerprint density at radius 2 is 1.02 bits per heavy atom. The maximum atomic E-state index is 12.2. The highest BCUT2D eigenvalue weighted by Gasteiger charge is 2.32. The molecule has 55 heavy (non-hydrogen) atoms. The van der Waals surface area contributed by atoms with Crippen molar-refractivity contribution in [1.29, 1.82) is 0 Å². The molecule has 0 aliphatic heterocycles. The molecule has 4 nitrogen and oxygen atoms in total. The average Bonchev–Trinajstić information content (AvgIpc) is 3.10. The fourth-order valence-electron chi connectivity index (χ4n) is 2.66. The van der Waals surface area contributed by atoms with E-state index >= 15 is 0 Å². The van der Waals surface area contributed by atoms with Crippen LogP contribution in [0, 0.1) is 23.8 Å². The molecule has 324 valence electrons. The second-order valence-electron chi connectivity index (χ2n) is 11.2. The van der Waals surface area contributed by atoms with Gasteiger partial charge >= 0.3 is 12.4 Å². The van der Waals surface area contributed by atoms with Crippen molar-refractivity contribution in [2.75, 3.05) is 52.9 Å². The van der Waals surface area contributed by atoms with Gasteiger partial charge in [-0.15, -0.1) is 37.0 Å². The Morgan fingerprint density at radius 1 is 0.636 bits per heavy atom. The summed E-state index contributed by atoms with van der Waals surface area (Å²) in [4.78, 5) is 0.